The number of carbonyl (C=O) groups is 3. The lowest BCUT2D eigenvalue weighted by atomic mass is 10.0. The quantitative estimate of drug-likeness (QED) is 0.0343. The van der Waals surface area contributed by atoms with Crippen molar-refractivity contribution in [2.24, 2.45) is 17.8 Å². The molecule has 434 valence electrons. The first kappa shape index (κ1) is 71.4. The van der Waals surface area contributed by atoms with Crippen molar-refractivity contribution < 1.29 is 28.6 Å². The zero-order valence-corrected chi connectivity index (χ0v) is 50.4. The van der Waals surface area contributed by atoms with Crippen LogP contribution < -0.4 is 0 Å². The summed E-state index contributed by atoms with van der Waals surface area (Å²) in [5.41, 5.74) is 0. The van der Waals surface area contributed by atoms with Crippen LogP contribution in [-0.2, 0) is 28.6 Å². The van der Waals surface area contributed by atoms with Crippen LogP contribution in [0.4, 0.5) is 0 Å². The average Bonchev–Trinajstić information content (AvgIpc) is 3.35. The number of esters is 3. The molecule has 6 heteroatoms. The largest absolute Gasteiger partial charge is 0.462 e. The van der Waals surface area contributed by atoms with E-state index < -0.39 is 6.10 Å². The Balaban J connectivity index is 4.29. The van der Waals surface area contributed by atoms with Gasteiger partial charge in [0.2, 0.25) is 0 Å². The van der Waals surface area contributed by atoms with Gasteiger partial charge >= 0.3 is 17.9 Å². The molecule has 0 aromatic carbocycles. The SMILES string of the molecule is CC(C)CCCCCCCCCCCCCCCCCCC(=O)OC[C@H](COC(=O)CCCCCCCCCCCCCCCCCC(C)C)OC(=O)CCCCCCCCCCCCCCCCCC(C)C. The molecule has 73 heavy (non-hydrogen) atoms. The summed E-state index contributed by atoms with van der Waals surface area (Å²) < 4.78 is 17.0. The summed E-state index contributed by atoms with van der Waals surface area (Å²) in [4.78, 5) is 38.4. The molecule has 0 rings (SSSR count). The second-order valence-electron chi connectivity index (χ2n) is 24.5. The van der Waals surface area contributed by atoms with Crippen LogP contribution in [0.5, 0.6) is 0 Å². The van der Waals surface area contributed by atoms with E-state index in [-0.39, 0.29) is 31.1 Å². The highest BCUT2D eigenvalue weighted by molar-refractivity contribution is 5.71. The number of carbonyl (C=O) groups excluding carboxylic acids is 3. The highest BCUT2D eigenvalue weighted by Crippen LogP contribution is 2.19. The molecule has 0 aromatic heterocycles. The smallest absolute Gasteiger partial charge is 0.306 e. The van der Waals surface area contributed by atoms with Crippen LogP contribution in [0.1, 0.15) is 375 Å². The number of ether oxygens (including phenoxy) is 3. The van der Waals surface area contributed by atoms with E-state index in [0.717, 1.165) is 75.5 Å². The van der Waals surface area contributed by atoms with Crippen molar-refractivity contribution in [1.82, 2.24) is 0 Å². The Hall–Kier alpha value is -1.59. The molecule has 0 saturated heterocycles. The van der Waals surface area contributed by atoms with Gasteiger partial charge in [0.15, 0.2) is 6.10 Å². The predicted molar refractivity (Wildman–Crippen MR) is 316 cm³/mol. The van der Waals surface area contributed by atoms with Crippen molar-refractivity contribution in [3.63, 3.8) is 0 Å². The van der Waals surface area contributed by atoms with Gasteiger partial charge < -0.3 is 14.2 Å². The van der Waals surface area contributed by atoms with Gasteiger partial charge in [0, 0.05) is 19.3 Å². The van der Waals surface area contributed by atoms with Crippen LogP contribution in [0.2, 0.25) is 0 Å². The zero-order valence-electron chi connectivity index (χ0n) is 50.4. The Bertz CT molecular complexity index is 1130. The molecular formula is C67H130O6. The molecule has 0 fully saturated rings. The third kappa shape index (κ3) is 61.1. The lowest BCUT2D eigenvalue weighted by Gasteiger charge is -2.18. The van der Waals surface area contributed by atoms with Gasteiger partial charge in [0.1, 0.15) is 13.2 Å². The molecule has 0 aliphatic heterocycles. The maximum atomic E-state index is 12.9. The minimum absolute atomic E-state index is 0.0622. The summed E-state index contributed by atoms with van der Waals surface area (Å²) in [5.74, 6) is 1.72. The first-order chi connectivity index (χ1) is 35.6. The second-order valence-corrected chi connectivity index (χ2v) is 24.5. The number of hydrogen-bond donors (Lipinski definition) is 0. The van der Waals surface area contributed by atoms with Gasteiger partial charge in [-0.05, 0) is 37.0 Å². The Morgan fingerprint density at radius 3 is 0.589 bits per heavy atom. The minimum atomic E-state index is -0.765. The fraction of sp³-hybridized carbons (Fsp3) is 0.955. The molecule has 0 saturated carbocycles. The highest BCUT2D eigenvalue weighted by atomic mass is 16.6. The summed E-state index contributed by atoms with van der Waals surface area (Å²) in [6, 6.07) is 0. The van der Waals surface area contributed by atoms with Crippen molar-refractivity contribution in [3.05, 3.63) is 0 Å². The molecule has 0 N–H and O–H groups in total. The molecule has 0 aliphatic rings. The summed E-state index contributed by atoms with van der Waals surface area (Å²) in [6.07, 6.45) is 63.9. The molecule has 1 atom stereocenters. The van der Waals surface area contributed by atoms with Crippen LogP contribution >= 0.6 is 0 Å². The van der Waals surface area contributed by atoms with E-state index >= 15 is 0 Å². The number of rotatable bonds is 60. The zero-order chi connectivity index (χ0) is 53.3. The average molecular weight is 1030 g/mol. The molecule has 6 nitrogen and oxygen atoms in total. The van der Waals surface area contributed by atoms with Gasteiger partial charge in [-0.1, -0.05) is 337 Å². The van der Waals surface area contributed by atoms with Crippen LogP contribution in [0.25, 0.3) is 0 Å². The third-order valence-electron chi connectivity index (χ3n) is 15.4. The van der Waals surface area contributed by atoms with E-state index in [1.807, 2.05) is 0 Å². The maximum Gasteiger partial charge on any atom is 0.306 e. The van der Waals surface area contributed by atoms with Gasteiger partial charge in [-0.2, -0.15) is 0 Å². The van der Waals surface area contributed by atoms with Crippen molar-refractivity contribution in [3.8, 4) is 0 Å². The Labute approximate surface area is 457 Å². The monoisotopic (exact) mass is 1030 g/mol. The van der Waals surface area contributed by atoms with Gasteiger partial charge in [-0.25, -0.2) is 0 Å². The molecule has 0 amide bonds. The van der Waals surface area contributed by atoms with Crippen LogP contribution in [0, 0.1) is 17.8 Å². The van der Waals surface area contributed by atoms with E-state index in [4.69, 9.17) is 14.2 Å². The van der Waals surface area contributed by atoms with Crippen LogP contribution in [0.15, 0.2) is 0 Å². The normalized spacial score (nSPS) is 12.1. The van der Waals surface area contributed by atoms with Crippen molar-refractivity contribution in [1.29, 1.82) is 0 Å². The van der Waals surface area contributed by atoms with E-state index in [0.29, 0.717) is 19.3 Å². The van der Waals surface area contributed by atoms with E-state index in [1.54, 1.807) is 0 Å². The van der Waals surface area contributed by atoms with Crippen LogP contribution in [-0.4, -0.2) is 37.2 Å². The fourth-order valence-electron chi connectivity index (χ4n) is 10.4. The molecule has 0 bridgehead atoms. The first-order valence-corrected chi connectivity index (χ1v) is 33.1. The highest BCUT2D eigenvalue weighted by Gasteiger charge is 2.19. The summed E-state index contributed by atoms with van der Waals surface area (Å²) in [5, 5.41) is 0. The summed E-state index contributed by atoms with van der Waals surface area (Å²) in [6.45, 7) is 13.8. The summed E-state index contributed by atoms with van der Waals surface area (Å²) in [7, 11) is 0. The molecule has 0 unspecified atom stereocenters. The standard InChI is InChI=1S/C67H130O6/c1-61(2)53-47-41-35-29-23-17-11-7-8-14-20-26-32-38-44-50-56-65(68)71-59-64(73-67(70)58-52-46-40-34-28-22-16-10-13-19-25-31-37-43-49-55-63(5)6)60-72-66(69)57-51-45-39-33-27-21-15-9-12-18-24-30-36-42-48-54-62(3)4/h61-64H,7-60H2,1-6H3/t64-/m1/s1. The number of hydrogen-bond acceptors (Lipinski definition) is 6. The van der Waals surface area contributed by atoms with Crippen molar-refractivity contribution in [2.45, 2.75) is 382 Å². The molecule has 0 radical (unpaired) electrons. The predicted octanol–water partition coefficient (Wildman–Crippen LogP) is 22.2. The van der Waals surface area contributed by atoms with E-state index in [9.17, 15) is 14.4 Å². The maximum absolute atomic E-state index is 12.9. The Kier molecular flexibility index (Phi) is 56.8. The minimum Gasteiger partial charge on any atom is -0.462 e. The fourth-order valence-corrected chi connectivity index (χ4v) is 10.4. The topological polar surface area (TPSA) is 78.9 Å². The second kappa shape index (κ2) is 58.1. The van der Waals surface area contributed by atoms with Gasteiger partial charge in [0.25, 0.3) is 0 Å². The third-order valence-corrected chi connectivity index (χ3v) is 15.4. The summed E-state index contributed by atoms with van der Waals surface area (Å²) >= 11 is 0. The lowest BCUT2D eigenvalue weighted by Crippen LogP contribution is -2.30. The lowest BCUT2D eigenvalue weighted by molar-refractivity contribution is -0.167. The Morgan fingerprint density at radius 2 is 0.397 bits per heavy atom. The van der Waals surface area contributed by atoms with Gasteiger partial charge in [0.05, 0.1) is 0 Å². The van der Waals surface area contributed by atoms with Crippen molar-refractivity contribution >= 4 is 17.9 Å². The van der Waals surface area contributed by atoms with E-state index in [2.05, 4.69) is 41.5 Å². The molecule has 0 aromatic rings. The van der Waals surface area contributed by atoms with E-state index in [1.165, 1.54) is 257 Å². The molecule has 0 heterocycles. The number of unbranched alkanes of at least 4 members (excludes halogenated alkanes) is 43. The molecule has 0 aliphatic carbocycles. The van der Waals surface area contributed by atoms with Crippen LogP contribution in [0.3, 0.4) is 0 Å². The Morgan fingerprint density at radius 1 is 0.233 bits per heavy atom. The first-order valence-electron chi connectivity index (χ1n) is 33.1. The van der Waals surface area contributed by atoms with Crippen molar-refractivity contribution in [2.75, 3.05) is 13.2 Å². The molecule has 0 spiro atoms. The van der Waals surface area contributed by atoms with Gasteiger partial charge in [-0.15, -0.1) is 0 Å². The molecular weight excluding hydrogens is 901 g/mol. The van der Waals surface area contributed by atoms with Gasteiger partial charge in [-0.3, -0.25) is 14.4 Å².